The predicted octanol–water partition coefficient (Wildman–Crippen LogP) is 0.799. The summed E-state index contributed by atoms with van der Waals surface area (Å²) in [5, 5.41) is 0. The molecule has 0 saturated carbocycles. The van der Waals surface area contributed by atoms with Crippen LogP contribution in [0.25, 0.3) is 0 Å². The van der Waals surface area contributed by atoms with Gasteiger partial charge in [0.05, 0.1) is 24.4 Å². The Labute approximate surface area is 117 Å². The van der Waals surface area contributed by atoms with Crippen LogP contribution in [0.3, 0.4) is 0 Å². The van der Waals surface area contributed by atoms with Crippen LogP contribution in [0, 0.1) is 11.8 Å². The highest BCUT2D eigenvalue weighted by Gasteiger charge is 2.59. The third kappa shape index (κ3) is 2.18. The molecule has 0 aromatic carbocycles. The third-order valence-corrected chi connectivity index (χ3v) is 4.21. The second kappa shape index (κ2) is 5.09. The Bertz CT molecular complexity index is 445. The lowest BCUT2D eigenvalue weighted by atomic mass is 9.79. The van der Waals surface area contributed by atoms with Gasteiger partial charge in [0, 0.05) is 18.8 Å². The van der Waals surface area contributed by atoms with Crippen molar-refractivity contribution in [3.05, 3.63) is 12.3 Å². The number of ether oxygens (including phenoxy) is 4. The standard InChI is InChI=1S/C14H18O6/c1-3-11(15)18-6-12(16)19-10-4-9-8-5-17-7(2)13(8)14(10)20-9/h8-10,13-14H,2-6H2,1H3. The number of rotatable bonds is 4. The van der Waals surface area contributed by atoms with Gasteiger partial charge in [0.2, 0.25) is 0 Å². The van der Waals surface area contributed by atoms with Crippen LogP contribution in [0.2, 0.25) is 0 Å². The summed E-state index contributed by atoms with van der Waals surface area (Å²) >= 11 is 0. The molecule has 6 heteroatoms. The summed E-state index contributed by atoms with van der Waals surface area (Å²) in [4.78, 5) is 22.7. The largest absolute Gasteiger partial charge is 0.498 e. The molecule has 0 aliphatic carbocycles. The van der Waals surface area contributed by atoms with Crippen molar-refractivity contribution in [3.8, 4) is 0 Å². The zero-order valence-electron chi connectivity index (χ0n) is 11.4. The second-order valence-electron chi connectivity index (χ2n) is 5.38. The van der Waals surface area contributed by atoms with Crippen LogP contribution in [0.5, 0.6) is 0 Å². The molecule has 0 aromatic heterocycles. The fourth-order valence-electron chi connectivity index (χ4n) is 3.27. The minimum Gasteiger partial charge on any atom is -0.498 e. The van der Waals surface area contributed by atoms with Crippen molar-refractivity contribution < 1.29 is 28.5 Å². The molecule has 20 heavy (non-hydrogen) atoms. The Morgan fingerprint density at radius 2 is 2.20 bits per heavy atom. The topological polar surface area (TPSA) is 71.1 Å². The SMILES string of the molecule is C=C1OCC2C3CC(OC(=O)COC(=O)CC)C(O3)C12. The van der Waals surface area contributed by atoms with E-state index in [2.05, 4.69) is 6.58 Å². The maximum Gasteiger partial charge on any atom is 0.344 e. The molecule has 5 atom stereocenters. The Kier molecular flexibility index (Phi) is 3.41. The van der Waals surface area contributed by atoms with Gasteiger partial charge in [-0.1, -0.05) is 13.5 Å². The van der Waals surface area contributed by atoms with Crippen molar-refractivity contribution in [1.82, 2.24) is 0 Å². The Morgan fingerprint density at radius 3 is 2.95 bits per heavy atom. The monoisotopic (exact) mass is 282 g/mol. The normalized spacial score (nSPS) is 37.5. The molecule has 5 unspecified atom stereocenters. The predicted molar refractivity (Wildman–Crippen MR) is 66.5 cm³/mol. The first-order valence-corrected chi connectivity index (χ1v) is 6.92. The summed E-state index contributed by atoms with van der Waals surface area (Å²) in [5.74, 6) is 0.226. The molecule has 6 nitrogen and oxygen atoms in total. The van der Waals surface area contributed by atoms with Crippen LogP contribution in [-0.2, 0) is 28.5 Å². The van der Waals surface area contributed by atoms with Gasteiger partial charge in [-0.2, -0.15) is 0 Å². The summed E-state index contributed by atoms with van der Waals surface area (Å²) in [6.45, 7) is 5.85. The molecule has 0 aromatic rings. The summed E-state index contributed by atoms with van der Waals surface area (Å²) in [7, 11) is 0. The first-order valence-electron chi connectivity index (χ1n) is 6.92. The molecule has 3 rings (SSSR count). The minimum atomic E-state index is -0.533. The summed E-state index contributed by atoms with van der Waals surface area (Å²) in [6.07, 6.45) is 0.514. The van der Waals surface area contributed by atoms with Gasteiger partial charge in [0.25, 0.3) is 0 Å². The van der Waals surface area contributed by atoms with E-state index in [-0.39, 0.29) is 37.3 Å². The molecule has 3 saturated heterocycles. The summed E-state index contributed by atoms with van der Waals surface area (Å²) in [6, 6.07) is 0. The van der Waals surface area contributed by atoms with E-state index in [1.54, 1.807) is 6.92 Å². The lowest BCUT2D eigenvalue weighted by molar-refractivity contribution is -0.164. The summed E-state index contributed by atoms with van der Waals surface area (Å²) in [5.41, 5.74) is 0. The number of fused-ring (bicyclic) bond motifs is 5. The van der Waals surface area contributed by atoms with Crippen LogP contribution in [0.15, 0.2) is 12.3 Å². The molecule has 3 aliphatic rings. The van der Waals surface area contributed by atoms with Crippen LogP contribution in [0.1, 0.15) is 19.8 Å². The highest BCUT2D eigenvalue weighted by atomic mass is 16.6. The lowest BCUT2D eigenvalue weighted by Crippen LogP contribution is -2.38. The Hall–Kier alpha value is -1.56. The van der Waals surface area contributed by atoms with Crippen molar-refractivity contribution in [2.24, 2.45) is 11.8 Å². The first kappa shape index (κ1) is 13.4. The van der Waals surface area contributed by atoms with Crippen LogP contribution < -0.4 is 0 Å². The van der Waals surface area contributed by atoms with Gasteiger partial charge in [-0.15, -0.1) is 0 Å². The van der Waals surface area contributed by atoms with Crippen LogP contribution >= 0.6 is 0 Å². The van der Waals surface area contributed by atoms with Gasteiger partial charge in [-0.05, 0) is 0 Å². The van der Waals surface area contributed by atoms with Gasteiger partial charge in [0.1, 0.15) is 12.2 Å². The molecular weight excluding hydrogens is 264 g/mol. The molecule has 0 radical (unpaired) electrons. The van der Waals surface area contributed by atoms with Crippen molar-refractivity contribution in [2.45, 2.75) is 38.1 Å². The second-order valence-corrected chi connectivity index (χ2v) is 5.38. The Morgan fingerprint density at radius 1 is 1.40 bits per heavy atom. The molecule has 0 amide bonds. The third-order valence-electron chi connectivity index (χ3n) is 4.21. The van der Waals surface area contributed by atoms with E-state index in [0.29, 0.717) is 18.9 Å². The minimum absolute atomic E-state index is 0.0697. The fourth-order valence-corrected chi connectivity index (χ4v) is 3.27. The van der Waals surface area contributed by atoms with Crippen molar-refractivity contribution in [3.63, 3.8) is 0 Å². The van der Waals surface area contributed by atoms with Gasteiger partial charge < -0.3 is 18.9 Å². The van der Waals surface area contributed by atoms with E-state index in [1.165, 1.54) is 0 Å². The zero-order valence-corrected chi connectivity index (χ0v) is 11.4. The lowest BCUT2D eigenvalue weighted by Gasteiger charge is -2.26. The van der Waals surface area contributed by atoms with E-state index in [1.807, 2.05) is 0 Å². The molecule has 3 fully saturated rings. The molecular formula is C14H18O6. The zero-order chi connectivity index (χ0) is 14.3. The highest BCUT2D eigenvalue weighted by molar-refractivity contribution is 5.76. The fraction of sp³-hybridized carbons (Fsp3) is 0.714. The quantitative estimate of drug-likeness (QED) is 0.710. The number of carbonyl (C=O) groups is 2. The van der Waals surface area contributed by atoms with Gasteiger partial charge in [-0.25, -0.2) is 4.79 Å². The first-order chi connectivity index (χ1) is 9.60. The maximum atomic E-state index is 11.7. The number of esters is 2. The number of hydrogen-bond acceptors (Lipinski definition) is 6. The van der Waals surface area contributed by atoms with E-state index >= 15 is 0 Å². The van der Waals surface area contributed by atoms with E-state index in [0.717, 1.165) is 5.76 Å². The summed E-state index contributed by atoms with van der Waals surface area (Å²) < 4.78 is 21.4. The molecule has 0 N–H and O–H groups in total. The molecule has 0 spiro atoms. The van der Waals surface area contributed by atoms with Crippen molar-refractivity contribution in [1.29, 1.82) is 0 Å². The average Bonchev–Trinajstić information content (AvgIpc) is 3.09. The maximum absolute atomic E-state index is 11.7. The van der Waals surface area contributed by atoms with Gasteiger partial charge in [-0.3, -0.25) is 4.79 Å². The van der Waals surface area contributed by atoms with Gasteiger partial charge >= 0.3 is 11.9 Å². The van der Waals surface area contributed by atoms with E-state index in [9.17, 15) is 9.59 Å². The van der Waals surface area contributed by atoms with Gasteiger partial charge in [0.15, 0.2) is 6.61 Å². The molecule has 2 bridgehead atoms. The highest BCUT2D eigenvalue weighted by Crippen LogP contribution is 2.51. The van der Waals surface area contributed by atoms with Crippen LogP contribution in [-0.4, -0.2) is 43.5 Å². The van der Waals surface area contributed by atoms with Crippen molar-refractivity contribution >= 4 is 11.9 Å². The van der Waals surface area contributed by atoms with Crippen LogP contribution in [0.4, 0.5) is 0 Å². The molecule has 3 aliphatic heterocycles. The smallest absolute Gasteiger partial charge is 0.344 e. The van der Waals surface area contributed by atoms with Crippen molar-refractivity contribution in [2.75, 3.05) is 13.2 Å². The van der Waals surface area contributed by atoms with E-state index in [4.69, 9.17) is 18.9 Å². The number of hydrogen-bond donors (Lipinski definition) is 0. The van der Waals surface area contributed by atoms with E-state index < -0.39 is 11.9 Å². The molecule has 3 heterocycles. The Balaban J connectivity index is 1.54. The number of carbonyl (C=O) groups excluding carboxylic acids is 2. The average molecular weight is 282 g/mol. The molecule has 110 valence electrons.